The molecule has 26 heavy (non-hydrogen) atoms. The van der Waals surface area contributed by atoms with Gasteiger partial charge in [0.1, 0.15) is 0 Å². The Morgan fingerprint density at radius 1 is 1.12 bits per heavy atom. The van der Waals surface area contributed by atoms with Crippen LogP contribution in [0.3, 0.4) is 0 Å². The van der Waals surface area contributed by atoms with Gasteiger partial charge in [0.2, 0.25) is 5.91 Å². The third-order valence-electron chi connectivity index (χ3n) is 3.88. The molecule has 7 heteroatoms. The Labute approximate surface area is 165 Å². The molecule has 0 saturated carbocycles. The van der Waals surface area contributed by atoms with Gasteiger partial charge in [-0.2, -0.15) is 0 Å². The highest BCUT2D eigenvalue weighted by Gasteiger charge is 2.13. The van der Waals surface area contributed by atoms with Gasteiger partial charge in [-0.15, -0.1) is 10.2 Å². The zero-order valence-electron chi connectivity index (χ0n) is 14.8. The first-order valence-electron chi connectivity index (χ1n) is 8.09. The molecule has 1 aromatic heterocycles. The lowest BCUT2D eigenvalue weighted by Crippen LogP contribution is -2.14. The van der Waals surface area contributed by atoms with Gasteiger partial charge in [-0.3, -0.25) is 4.79 Å². The van der Waals surface area contributed by atoms with Crippen molar-refractivity contribution in [3.8, 4) is 11.4 Å². The van der Waals surface area contributed by atoms with Gasteiger partial charge in [0, 0.05) is 17.1 Å². The van der Waals surface area contributed by atoms with Gasteiger partial charge in [0.15, 0.2) is 11.0 Å². The molecule has 1 amide bonds. The lowest BCUT2D eigenvalue weighted by atomic mass is 10.1. The van der Waals surface area contributed by atoms with E-state index in [1.165, 1.54) is 17.3 Å². The van der Waals surface area contributed by atoms with E-state index in [1.54, 1.807) is 0 Å². The Hall–Kier alpha value is -2.12. The molecular formula is C19H19BrN4OS. The second-order valence-corrected chi connectivity index (χ2v) is 7.85. The van der Waals surface area contributed by atoms with Crippen LogP contribution in [0.1, 0.15) is 11.1 Å². The maximum atomic E-state index is 12.2. The van der Waals surface area contributed by atoms with Crippen LogP contribution >= 0.6 is 27.7 Å². The summed E-state index contributed by atoms with van der Waals surface area (Å²) in [5, 5.41) is 12.1. The third kappa shape index (κ3) is 4.34. The minimum atomic E-state index is -0.0839. The number of halogens is 1. The van der Waals surface area contributed by atoms with Crippen molar-refractivity contribution >= 4 is 39.3 Å². The highest BCUT2D eigenvalue weighted by atomic mass is 79.9. The smallest absolute Gasteiger partial charge is 0.234 e. The first-order valence-corrected chi connectivity index (χ1v) is 9.87. The van der Waals surface area contributed by atoms with Gasteiger partial charge in [-0.05, 0) is 47.5 Å². The molecular weight excluding hydrogens is 412 g/mol. The summed E-state index contributed by atoms with van der Waals surface area (Å²) in [5.74, 6) is 0.967. The molecule has 0 unspecified atom stereocenters. The number of thioether (sulfide) groups is 1. The van der Waals surface area contributed by atoms with Crippen molar-refractivity contribution in [3.63, 3.8) is 0 Å². The number of amides is 1. The molecule has 0 atom stereocenters. The summed E-state index contributed by atoms with van der Waals surface area (Å²) in [6, 6.07) is 14.0. The van der Waals surface area contributed by atoms with Crippen LogP contribution in [0.4, 0.5) is 5.69 Å². The van der Waals surface area contributed by atoms with Crippen molar-refractivity contribution in [1.82, 2.24) is 14.8 Å². The van der Waals surface area contributed by atoms with Crippen LogP contribution in [0.5, 0.6) is 0 Å². The van der Waals surface area contributed by atoms with E-state index in [9.17, 15) is 4.79 Å². The second-order valence-electron chi connectivity index (χ2n) is 6.05. The Kier molecular flexibility index (Phi) is 5.78. The molecule has 0 radical (unpaired) electrons. The van der Waals surface area contributed by atoms with E-state index in [-0.39, 0.29) is 11.7 Å². The SMILES string of the molecule is Cc1ccc(-c2nnc(SCC(=O)Nc3ccc(C)cc3Br)n2C)cc1. The molecule has 1 heterocycles. The summed E-state index contributed by atoms with van der Waals surface area (Å²) < 4.78 is 2.78. The molecule has 3 aromatic rings. The fourth-order valence-electron chi connectivity index (χ4n) is 2.43. The zero-order valence-corrected chi connectivity index (χ0v) is 17.2. The number of aryl methyl sites for hydroxylation is 2. The maximum absolute atomic E-state index is 12.2. The van der Waals surface area contributed by atoms with Crippen LogP contribution in [0.2, 0.25) is 0 Å². The van der Waals surface area contributed by atoms with Crippen LogP contribution in [0.15, 0.2) is 52.1 Å². The molecule has 0 bridgehead atoms. The van der Waals surface area contributed by atoms with Gasteiger partial charge < -0.3 is 9.88 Å². The molecule has 5 nitrogen and oxygen atoms in total. The molecule has 0 aliphatic heterocycles. The number of carbonyl (C=O) groups excluding carboxylic acids is 1. The molecule has 0 aliphatic rings. The zero-order chi connectivity index (χ0) is 18.7. The van der Waals surface area contributed by atoms with E-state index in [0.29, 0.717) is 5.16 Å². The number of nitrogens with zero attached hydrogens (tertiary/aromatic N) is 3. The summed E-state index contributed by atoms with van der Waals surface area (Å²) in [6.45, 7) is 4.05. The van der Waals surface area contributed by atoms with Crippen molar-refractivity contribution in [3.05, 3.63) is 58.1 Å². The van der Waals surface area contributed by atoms with E-state index in [2.05, 4.69) is 31.4 Å². The molecule has 0 spiro atoms. The van der Waals surface area contributed by atoms with E-state index in [4.69, 9.17) is 0 Å². The number of rotatable bonds is 5. The summed E-state index contributed by atoms with van der Waals surface area (Å²) >= 11 is 4.83. The van der Waals surface area contributed by atoms with Crippen molar-refractivity contribution in [2.24, 2.45) is 7.05 Å². The highest BCUT2D eigenvalue weighted by molar-refractivity contribution is 9.10. The van der Waals surface area contributed by atoms with E-state index in [0.717, 1.165) is 27.1 Å². The van der Waals surface area contributed by atoms with Crippen LogP contribution in [0.25, 0.3) is 11.4 Å². The van der Waals surface area contributed by atoms with Gasteiger partial charge >= 0.3 is 0 Å². The summed E-state index contributed by atoms with van der Waals surface area (Å²) in [4.78, 5) is 12.2. The number of aromatic nitrogens is 3. The Morgan fingerprint density at radius 2 is 1.81 bits per heavy atom. The van der Waals surface area contributed by atoms with Crippen molar-refractivity contribution in [2.45, 2.75) is 19.0 Å². The van der Waals surface area contributed by atoms with Crippen LogP contribution in [0, 0.1) is 13.8 Å². The average Bonchev–Trinajstić information content (AvgIpc) is 2.97. The average molecular weight is 431 g/mol. The van der Waals surface area contributed by atoms with Gasteiger partial charge in [-0.25, -0.2) is 0 Å². The molecule has 134 valence electrons. The van der Waals surface area contributed by atoms with Crippen LogP contribution in [-0.4, -0.2) is 26.4 Å². The molecule has 0 aliphatic carbocycles. The van der Waals surface area contributed by atoms with Gasteiger partial charge in [0.05, 0.1) is 11.4 Å². The number of hydrogen-bond donors (Lipinski definition) is 1. The van der Waals surface area contributed by atoms with Crippen molar-refractivity contribution in [2.75, 3.05) is 11.1 Å². The van der Waals surface area contributed by atoms with Crippen LogP contribution < -0.4 is 5.32 Å². The molecule has 3 rings (SSSR count). The topological polar surface area (TPSA) is 59.8 Å². The molecule has 1 N–H and O–H groups in total. The van der Waals surface area contributed by atoms with Crippen LogP contribution in [-0.2, 0) is 11.8 Å². The number of nitrogens with one attached hydrogen (secondary N) is 1. The summed E-state index contributed by atoms with van der Waals surface area (Å²) in [7, 11) is 1.91. The monoisotopic (exact) mass is 430 g/mol. The number of hydrogen-bond acceptors (Lipinski definition) is 4. The largest absolute Gasteiger partial charge is 0.324 e. The van der Waals surface area contributed by atoms with E-state index in [1.807, 2.05) is 67.9 Å². The molecule has 2 aromatic carbocycles. The quantitative estimate of drug-likeness (QED) is 0.601. The fourth-order valence-corrected chi connectivity index (χ4v) is 3.74. The van der Waals surface area contributed by atoms with Crippen molar-refractivity contribution < 1.29 is 4.79 Å². The first-order chi connectivity index (χ1) is 12.4. The predicted octanol–water partition coefficient (Wildman–Crippen LogP) is 4.59. The summed E-state index contributed by atoms with van der Waals surface area (Å²) in [5.41, 5.74) is 4.10. The van der Waals surface area contributed by atoms with E-state index < -0.39 is 0 Å². The lowest BCUT2D eigenvalue weighted by Gasteiger charge is -2.08. The number of carbonyl (C=O) groups is 1. The third-order valence-corrected chi connectivity index (χ3v) is 5.55. The Morgan fingerprint density at radius 3 is 2.50 bits per heavy atom. The Bertz CT molecular complexity index is 937. The standard InChI is InChI=1S/C19H19BrN4OS/c1-12-4-7-14(8-5-12)18-22-23-19(24(18)3)26-11-17(25)21-16-9-6-13(2)10-15(16)20/h4-10H,11H2,1-3H3,(H,21,25). The Balaban J connectivity index is 1.64. The van der Waals surface area contributed by atoms with Crippen molar-refractivity contribution in [1.29, 1.82) is 0 Å². The van der Waals surface area contributed by atoms with Gasteiger partial charge in [0.25, 0.3) is 0 Å². The minimum absolute atomic E-state index is 0.0839. The normalized spacial score (nSPS) is 10.8. The fraction of sp³-hybridized carbons (Fsp3) is 0.211. The highest BCUT2D eigenvalue weighted by Crippen LogP contribution is 2.25. The first kappa shape index (κ1) is 18.7. The van der Waals surface area contributed by atoms with Gasteiger partial charge in [-0.1, -0.05) is 47.7 Å². The maximum Gasteiger partial charge on any atom is 0.234 e. The number of anilines is 1. The molecule has 0 fully saturated rings. The minimum Gasteiger partial charge on any atom is -0.324 e. The number of benzene rings is 2. The second kappa shape index (κ2) is 8.05. The molecule has 0 saturated heterocycles. The van der Waals surface area contributed by atoms with E-state index >= 15 is 0 Å². The summed E-state index contributed by atoms with van der Waals surface area (Å²) in [6.07, 6.45) is 0. The predicted molar refractivity (Wildman–Crippen MR) is 109 cm³/mol. The lowest BCUT2D eigenvalue weighted by molar-refractivity contribution is -0.113.